The second-order valence-corrected chi connectivity index (χ2v) is 2.97. The van der Waals surface area contributed by atoms with Gasteiger partial charge in [-0.3, -0.25) is 9.97 Å². The molecule has 0 fully saturated rings. The molecule has 0 bridgehead atoms. The zero-order valence-corrected chi connectivity index (χ0v) is 7.72. The Morgan fingerprint density at radius 2 is 1.00 bits per heavy atom. The first kappa shape index (κ1) is 10.5. The van der Waals surface area contributed by atoms with Crippen molar-refractivity contribution in [3.05, 3.63) is 47.8 Å². The Morgan fingerprint density at radius 1 is 0.625 bits per heavy atom. The van der Waals surface area contributed by atoms with Crippen LogP contribution in [-0.2, 0) is 0 Å². The maximum Gasteiger partial charge on any atom is 0.177 e. The highest BCUT2D eigenvalue weighted by atomic mass is 19.2. The van der Waals surface area contributed by atoms with Crippen molar-refractivity contribution in [2.45, 2.75) is 0 Å². The average Bonchev–Trinajstić information content (AvgIpc) is 2.26. The predicted octanol–water partition coefficient (Wildman–Crippen LogP) is 2.70. The molecule has 0 N–H and O–H groups in total. The molecule has 82 valence electrons. The Balaban J connectivity index is 2.50. The Kier molecular flexibility index (Phi) is 2.55. The molecule has 0 aliphatic heterocycles. The summed E-state index contributed by atoms with van der Waals surface area (Å²) >= 11 is 0. The van der Waals surface area contributed by atoms with Crippen molar-refractivity contribution in [2.75, 3.05) is 0 Å². The summed E-state index contributed by atoms with van der Waals surface area (Å²) in [6.45, 7) is 0. The average molecular weight is 228 g/mol. The summed E-state index contributed by atoms with van der Waals surface area (Å²) in [5.41, 5.74) is -0.143. The summed E-state index contributed by atoms with van der Waals surface area (Å²) in [7, 11) is 0. The molecule has 2 aromatic rings. The third-order valence-corrected chi connectivity index (χ3v) is 1.88. The number of aromatic nitrogens is 2. The number of hydrogen-bond acceptors (Lipinski definition) is 2. The minimum atomic E-state index is -1.13. The maximum absolute atomic E-state index is 12.8. The van der Waals surface area contributed by atoms with Crippen molar-refractivity contribution in [1.29, 1.82) is 0 Å². The Labute approximate surface area is 87.6 Å². The van der Waals surface area contributed by atoms with Gasteiger partial charge in [-0.15, -0.1) is 0 Å². The van der Waals surface area contributed by atoms with Gasteiger partial charge < -0.3 is 0 Å². The number of rotatable bonds is 1. The van der Waals surface area contributed by atoms with Crippen molar-refractivity contribution in [3.63, 3.8) is 0 Å². The highest BCUT2D eigenvalue weighted by Crippen LogP contribution is 2.18. The zero-order chi connectivity index (χ0) is 11.7. The van der Waals surface area contributed by atoms with E-state index in [1.54, 1.807) is 0 Å². The van der Waals surface area contributed by atoms with Crippen LogP contribution in [0.3, 0.4) is 0 Å². The molecule has 0 aliphatic carbocycles. The summed E-state index contributed by atoms with van der Waals surface area (Å²) in [5.74, 6) is -4.49. The highest BCUT2D eigenvalue weighted by Gasteiger charge is 2.10. The monoisotopic (exact) mass is 228 g/mol. The lowest BCUT2D eigenvalue weighted by molar-refractivity contribution is 0.502. The van der Waals surface area contributed by atoms with Gasteiger partial charge in [0.1, 0.15) is 0 Å². The van der Waals surface area contributed by atoms with Gasteiger partial charge in [0.05, 0.1) is 23.8 Å². The van der Waals surface area contributed by atoms with Crippen LogP contribution in [0, 0.1) is 23.3 Å². The van der Waals surface area contributed by atoms with Crippen LogP contribution in [0.4, 0.5) is 17.6 Å². The van der Waals surface area contributed by atoms with Gasteiger partial charge in [-0.2, -0.15) is 0 Å². The minimum absolute atomic E-state index is 0.0715. The van der Waals surface area contributed by atoms with Crippen molar-refractivity contribution >= 4 is 0 Å². The highest BCUT2D eigenvalue weighted by molar-refractivity contribution is 5.53. The summed E-state index contributed by atoms with van der Waals surface area (Å²) in [6, 6.07) is 1.52. The van der Waals surface area contributed by atoms with Gasteiger partial charge in [-0.1, -0.05) is 0 Å². The van der Waals surface area contributed by atoms with Crippen LogP contribution >= 0.6 is 0 Å². The molecule has 0 spiro atoms. The molecule has 2 heterocycles. The number of nitrogens with zero attached hydrogens (tertiary/aromatic N) is 2. The van der Waals surface area contributed by atoms with E-state index in [-0.39, 0.29) is 11.4 Å². The van der Waals surface area contributed by atoms with Gasteiger partial charge in [0, 0.05) is 12.1 Å². The molecule has 0 saturated carbocycles. The first-order valence-corrected chi connectivity index (χ1v) is 4.20. The van der Waals surface area contributed by atoms with Crippen LogP contribution in [0.2, 0.25) is 0 Å². The molecule has 6 heteroatoms. The van der Waals surface area contributed by atoms with E-state index in [2.05, 4.69) is 9.97 Å². The Bertz CT molecular complexity index is 493. The van der Waals surface area contributed by atoms with Crippen LogP contribution in [0.1, 0.15) is 0 Å². The molecule has 0 saturated heterocycles. The van der Waals surface area contributed by atoms with Gasteiger partial charge in [0.15, 0.2) is 23.3 Å². The number of halogens is 4. The van der Waals surface area contributed by atoms with Gasteiger partial charge in [-0.25, -0.2) is 17.6 Å². The maximum atomic E-state index is 12.8. The quantitative estimate of drug-likeness (QED) is 0.701. The summed E-state index contributed by atoms with van der Waals surface area (Å²) in [5, 5.41) is 0. The molecule has 2 nitrogen and oxygen atoms in total. The van der Waals surface area contributed by atoms with Crippen LogP contribution < -0.4 is 0 Å². The normalized spacial score (nSPS) is 10.5. The molecule has 0 aromatic carbocycles. The van der Waals surface area contributed by atoms with E-state index in [1.807, 2.05) is 0 Å². The molecule has 16 heavy (non-hydrogen) atoms. The molecule has 0 unspecified atom stereocenters. The second kappa shape index (κ2) is 3.88. The Morgan fingerprint density at radius 3 is 1.31 bits per heavy atom. The van der Waals surface area contributed by atoms with Gasteiger partial charge >= 0.3 is 0 Å². The lowest BCUT2D eigenvalue weighted by Crippen LogP contribution is -1.94. The lowest BCUT2D eigenvalue weighted by Gasteiger charge is -2.01. The first-order chi connectivity index (χ1) is 7.58. The summed E-state index contributed by atoms with van der Waals surface area (Å²) in [4.78, 5) is 7.03. The van der Waals surface area contributed by atoms with Crippen LogP contribution in [-0.4, -0.2) is 9.97 Å². The van der Waals surface area contributed by atoms with E-state index in [9.17, 15) is 17.6 Å². The van der Waals surface area contributed by atoms with Crippen LogP contribution in [0.25, 0.3) is 11.4 Å². The lowest BCUT2D eigenvalue weighted by atomic mass is 10.2. The molecular weight excluding hydrogens is 224 g/mol. The van der Waals surface area contributed by atoms with E-state index in [4.69, 9.17) is 0 Å². The molecule has 0 atom stereocenters. The Hall–Kier alpha value is -1.98. The number of hydrogen-bond donors (Lipinski definition) is 0. The van der Waals surface area contributed by atoms with Crippen LogP contribution in [0.15, 0.2) is 24.5 Å². The summed E-state index contributed by atoms with van der Waals surface area (Å²) < 4.78 is 50.8. The van der Waals surface area contributed by atoms with Gasteiger partial charge in [-0.05, 0) is 0 Å². The third-order valence-electron chi connectivity index (χ3n) is 1.88. The van der Waals surface area contributed by atoms with Gasteiger partial charge in [0.2, 0.25) is 0 Å². The fourth-order valence-corrected chi connectivity index (χ4v) is 1.11. The molecule has 0 aliphatic rings. The van der Waals surface area contributed by atoms with Crippen molar-refractivity contribution in [3.8, 4) is 11.4 Å². The SMILES string of the molecule is Fc1cnc(-c2cc(F)c(F)cn2)cc1F. The van der Waals surface area contributed by atoms with Crippen molar-refractivity contribution < 1.29 is 17.6 Å². The fraction of sp³-hybridized carbons (Fsp3) is 0. The van der Waals surface area contributed by atoms with Gasteiger partial charge in [0.25, 0.3) is 0 Å². The zero-order valence-electron chi connectivity index (χ0n) is 7.72. The van der Waals surface area contributed by atoms with Crippen molar-refractivity contribution in [1.82, 2.24) is 9.97 Å². The molecule has 2 aromatic heterocycles. The van der Waals surface area contributed by atoms with E-state index in [1.165, 1.54) is 0 Å². The van der Waals surface area contributed by atoms with E-state index >= 15 is 0 Å². The fourth-order valence-electron chi connectivity index (χ4n) is 1.11. The molecule has 0 amide bonds. The topological polar surface area (TPSA) is 25.8 Å². The first-order valence-electron chi connectivity index (χ1n) is 4.20. The predicted molar refractivity (Wildman–Crippen MR) is 47.3 cm³/mol. The van der Waals surface area contributed by atoms with E-state index in [0.717, 1.165) is 12.1 Å². The largest absolute Gasteiger partial charge is 0.251 e. The molecular formula is C10H4F4N2. The second-order valence-electron chi connectivity index (χ2n) is 2.97. The van der Waals surface area contributed by atoms with E-state index in [0.29, 0.717) is 12.4 Å². The smallest absolute Gasteiger partial charge is 0.177 e. The number of pyridine rings is 2. The summed E-state index contributed by atoms with van der Waals surface area (Å²) in [6.07, 6.45) is 1.29. The van der Waals surface area contributed by atoms with Crippen LogP contribution in [0.5, 0.6) is 0 Å². The third kappa shape index (κ3) is 1.86. The molecule has 2 rings (SSSR count). The minimum Gasteiger partial charge on any atom is -0.251 e. The van der Waals surface area contributed by atoms with Crippen molar-refractivity contribution in [2.24, 2.45) is 0 Å². The standard InChI is InChI=1S/C10H4F4N2/c11-5-1-9(15-3-7(5)13)10-2-6(12)8(14)4-16-10/h1-4H. The molecule has 0 radical (unpaired) electrons. The van der Waals surface area contributed by atoms with E-state index < -0.39 is 23.3 Å².